The first-order chi connectivity index (χ1) is 14.6. The van der Waals surface area contributed by atoms with Crippen LogP contribution < -0.4 is 23.7 Å². The lowest BCUT2D eigenvalue weighted by Gasteiger charge is -2.15. The predicted molar refractivity (Wildman–Crippen MR) is 117 cm³/mol. The fraction of sp³-hybridized carbons (Fsp3) is 0.208. The maximum absolute atomic E-state index is 13.0. The molecule has 0 saturated carbocycles. The number of benzene rings is 2. The van der Waals surface area contributed by atoms with Crippen molar-refractivity contribution < 1.29 is 28.5 Å². The SMILES string of the molecule is C=CCOc1cc(OC)c(C(=O)/C=C/c2ccc(OC)cc2OC)c(OCC=C)c1. The van der Waals surface area contributed by atoms with Crippen molar-refractivity contribution in [2.45, 2.75) is 0 Å². The van der Waals surface area contributed by atoms with Crippen LogP contribution in [0.2, 0.25) is 0 Å². The van der Waals surface area contributed by atoms with Gasteiger partial charge in [-0.3, -0.25) is 4.79 Å². The summed E-state index contributed by atoms with van der Waals surface area (Å²) >= 11 is 0. The van der Waals surface area contributed by atoms with Crippen LogP contribution >= 0.6 is 0 Å². The summed E-state index contributed by atoms with van der Waals surface area (Å²) in [5.74, 6) is 2.13. The highest BCUT2D eigenvalue weighted by atomic mass is 16.5. The van der Waals surface area contributed by atoms with Crippen LogP contribution in [0.5, 0.6) is 28.7 Å². The maximum Gasteiger partial charge on any atom is 0.193 e. The van der Waals surface area contributed by atoms with Gasteiger partial charge in [0.1, 0.15) is 47.5 Å². The fourth-order valence-electron chi connectivity index (χ4n) is 2.68. The fourth-order valence-corrected chi connectivity index (χ4v) is 2.68. The zero-order chi connectivity index (χ0) is 21.9. The van der Waals surface area contributed by atoms with E-state index in [9.17, 15) is 4.79 Å². The molecule has 0 radical (unpaired) electrons. The topological polar surface area (TPSA) is 63.2 Å². The Bertz CT molecular complexity index is 930. The number of carbonyl (C=O) groups is 1. The van der Waals surface area contributed by atoms with E-state index in [1.807, 2.05) is 0 Å². The second-order valence-corrected chi connectivity index (χ2v) is 6.00. The van der Waals surface area contributed by atoms with Crippen molar-refractivity contribution in [3.63, 3.8) is 0 Å². The third-order valence-corrected chi connectivity index (χ3v) is 4.09. The van der Waals surface area contributed by atoms with Crippen LogP contribution in [0.25, 0.3) is 6.08 Å². The van der Waals surface area contributed by atoms with E-state index < -0.39 is 0 Å². The number of allylic oxidation sites excluding steroid dienone is 1. The van der Waals surface area contributed by atoms with Crippen molar-refractivity contribution in [3.8, 4) is 28.7 Å². The van der Waals surface area contributed by atoms with Crippen LogP contribution in [-0.2, 0) is 0 Å². The van der Waals surface area contributed by atoms with Gasteiger partial charge in [0.25, 0.3) is 0 Å². The average molecular weight is 410 g/mol. The van der Waals surface area contributed by atoms with E-state index in [2.05, 4.69) is 13.2 Å². The van der Waals surface area contributed by atoms with Gasteiger partial charge in [-0.2, -0.15) is 0 Å². The maximum atomic E-state index is 13.0. The largest absolute Gasteiger partial charge is 0.497 e. The number of hydrogen-bond donors (Lipinski definition) is 0. The van der Waals surface area contributed by atoms with Crippen LogP contribution in [0.3, 0.4) is 0 Å². The van der Waals surface area contributed by atoms with E-state index in [0.29, 0.717) is 35.4 Å². The molecule has 6 heteroatoms. The van der Waals surface area contributed by atoms with Gasteiger partial charge in [0.2, 0.25) is 0 Å². The Balaban J connectivity index is 2.42. The summed E-state index contributed by atoms with van der Waals surface area (Å²) in [5, 5.41) is 0. The Morgan fingerprint density at radius 2 is 1.47 bits per heavy atom. The van der Waals surface area contributed by atoms with Gasteiger partial charge in [0, 0.05) is 23.8 Å². The van der Waals surface area contributed by atoms with Crippen molar-refractivity contribution in [2.75, 3.05) is 34.5 Å². The predicted octanol–water partition coefficient (Wildman–Crippen LogP) is 4.74. The van der Waals surface area contributed by atoms with Crippen molar-refractivity contribution in [1.29, 1.82) is 0 Å². The normalized spacial score (nSPS) is 10.4. The molecule has 0 aliphatic heterocycles. The molecule has 0 saturated heterocycles. The quantitative estimate of drug-likeness (QED) is 0.286. The molecule has 0 atom stereocenters. The van der Waals surface area contributed by atoms with Crippen molar-refractivity contribution in [2.24, 2.45) is 0 Å². The van der Waals surface area contributed by atoms with E-state index in [4.69, 9.17) is 23.7 Å². The first kappa shape index (κ1) is 22.6. The molecule has 30 heavy (non-hydrogen) atoms. The monoisotopic (exact) mass is 410 g/mol. The number of methoxy groups -OCH3 is 3. The summed E-state index contributed by atoms with van der Waals surface area (Å²) in [7, 11) is 4.62. The van der Waals surface area contributed by atoms with Crippen molar-refractivity contribution in [1.82, 2.24) is 0 Å². The molecule has 0 aliphatic rings. The van der Waals surface area contributed by atoms with E-state index >= 15 is 0 Å². The Labute approximate surface area is 177 Å². The number of ketones is 1. The van der Waals surface area contributed by atoms with E-state index in [1.165, 1.54) is 13.2 Å². The summed E-state index contributed by atoms with van der Waals surface area (Å²) in [6.07, 6.45) is 6.32. The molecular weight excluding hydrogens is 384 g/mol. The van der Waals surface area contributed by atoms with Gasteiger partial charge in [-0.25, -0.2) is 0 Å². The van der Waals surface area contributed by atoms with Gasteiger partial charge < -0.3 is 23.7 Å². The Hall–Kier alpha value is -3.67. The summed E-state index contributed by atoms with van der Waals surface area (Å²) < 4.78 is 27.3. The first-order valence-corrected chi connectivity index (χ1v) is 9.21. The molecule has 0 unspecified atom stereocenters. The smallest absolute Gasteiger partial charge is 0.193 e. The molecule has 0 amide bonds. The van der Waals surface area contributed by atoms with E-state index in [-0.39, 0.29) is 18.0 Å². The number of ether oxygens (including phenoxy) is 5. The summed E-state index contributed by atoms with van der Waals surface area (Å²) in [5.41, 5.74) is 1.01. The molecule has 0 spiro atoms. The first-order valence-electron chi connectivity index (χ1n) is 9.21. The lowest BCUT2D eigenvalue weighted by atomic mass is 10.1. The molecule has 0 heterocycles. The lowest BCUT2D eigenvalue weighted by molar-refractivity contribution is 0.104. The average Bonchev–Trinajstić information content (AvgIpc) is 2.78. The van der Waals surface area contributed by atoms with Crippen LogP contribution in [0.4, 0.5) is 0 Å². The summed E-state index contributed by atoms with van der Waals surface area (Å²) in [6.45, 7) is 7.82. The minimum absolute atomic E-state index is 0.227. The molecule has 158 valence electrons. The minimum Gasteiger partial charge on any atom is -0.497 e. The third kappa shape index (κ3) is 5.67. The molecular formula is C24H26O6. The molecule has 0 bridgehead atoms. The zero-order valence-corrected chi connectivity index (χ0v) is 17.5. The highest BCUT2D eigenvalue weighted by Gasteiger charge is 2.19. The van der Waals surface area contributed by atoms with Gasteiger partial charge in [-0.05, 0) is 24.3 Å². The van der Waals surface area contributed by atoms with Gasteiger partial charge in [-0.1, -0.05) is 25.3 Å². The number of rotatable bonds is 12. The molecule has 6 nitrogen and oxygen atoms in total. The molecule has 0 N–H and O–H groups in total. The summed E-state index contributed by atoms with van der Waals surface area (Å²) in [6, 6.07) is 8.62. The summed E-state index contributed by atoms with van der Waals surface area (Å²) in [4.78, 5) is 13.0. The Morgan fingerprint density at radius 3 is 2.10 bits per heavy atom. The third-order valence-electron chi connectivity index (χ3n) is 4.09. The van der Waals surface area contributed by atoms with Crippen molar-refractivity contribution in [3.05, 3.63) is 72.8 Å². The standard InChI is InChI=1S/C24H26O6/c1-6-12-29-19-15-22(28-5)24(23(16-19)30-13-7-2)20(25)11-9-17-8-10-18(26-3)14-21(17)27-4/h6-11,14-16H,1-2,12-13H2,3-5H3/b11-9+. The van der Waals surface area contributed by atoms with Crippen LogP contribution in [0, 0.1) is 0 Å². The minimum atomic E-state index is -0.293. The highest BCUT2D eigenvalue weighted by molar-refractivity contribution is 6.10. The Morgan fingerprint density at radius 1 is 0.833 bits per heavy atom. The second-order valence-electron chi connectivity index (χ2n) is 6.00. The Kier molecular flexibility index (Phi) is 8.56. The van der Waals surface area contributed by atoms with Crippen LogP contribution in [-0.4, -0.2) is 40.3 Å². The highest BCUT2D eigenvalue weighted by Crippen LogP contribution is 2.35. The van der Waals surface area contributed by atoms with E-state index in [1.54, 1.807) is 62.8 Å². The zero-order valence-electron chi connectivity index (χ0n) is 17.5. The van der Waals surface area contributed by atoms with Crippen LogP contribution in [0.15, 0.2) is 61.7 Å². The van der Waals surface area contributed by atoms with Crippen molar-refractivity contribution >= 4 is 11.9 Å². The van der Waals surface area contributed by atoms with Crippen LogP contribution in [0.1, 0.15) is 15.9 Å². The molecule has 0 aliphatic carbocycles. The number of carbonyl (C=O) groups excluding carboxylic acids is 1. The van der Waals surface area contributed by atoms with E-state index in [0.717, 1.165) is 5.56 Å². The number of hydrogen-bond acceptors (Lipinski definition) is 6. The van der Waals surface area contributed by atoms with Gasteiger partial charge in [0.15, 0.2) is 5.78 Å². The van der Waals surface area contributed by atoms with Gasteiger partial charge in [-0.15, -0.1) is 0 Å². The second kappa shape index (κ2) is 11.4. The molecule has 0 aromatic heterocycles. The molecule has 0 fully saturated rings. The molecule has 2 aromatic rings. The van der Waals surface area contributed by atoms with Gasteiger partial charge >= 0.3 is 0 Å². The lowest BCUT2D eigenvalue weighted by Crippen LogP contribution is -2.06. The van der Waals surface area contributed by atoms with Gasteiger partial charge in [0.05, 0.1) is 21.3 Å². The molecule has 2 rings (SSSR count). The molecule has 2 aromatic carbocycles.